The van der Waals surface area contributed by atoms with E-state index in [1.807, 2.05) is 31.2 Å². The van der Waals surface area contributed by atoms with Gasteiger partial charge in [-0.3, -0.25) is 0 Å². The van der Waals surface area contributed by atoms with Crippen LogP contribution in [0.3, 0.4) is 0 Å². The number of halogens is 3. The number of aromatic amines is 1. The van der Waals surface area contributed by atoms with E-state index in [9.17, 15) is 13.2 Å². The minimum absolute atomic E-state index is 0.0613. The first kappa shape index (κ1) is 17.7. The number of benzene rings is 2. The number of alkyl halides is 3. The molecule has 0 radical (unpaired) electrons. The summed E-state index contributed by atoms with van der Waals surface area (Å²) >= 11 is 4.23. The Morgan fingerprint density at radius 1 is 1.12 bits per heavy atom. The Kier molecular flexibility index (Phi) is 4.99. The molecule has 0 saturated heterocycles. The monoisotopic (exact) mass is 365 g/mol. The summed E-state index contributed by atoms with van der Waals surface area (Å²) in [5, 5.41) is 0.923. The number of fused-ring (bicyclic) bond motifs is 1. The van der Waals surface area contributed by atoms with Crippen LogP contribution in [0, 0.1) is 0 Å². The van der Waals surface area contributed by atoms with Crippen molar-refractivity contribution in [3.63, 3.8) is 0 Å². The maximum Gasteiger partial charge on any atom is 0.420 e. The van der Waals surface area contributed by atoms with Crippen molar-refractivity contribution in [2.75, 3.05) is 6.61 Å². The Morgan fingerprint density at radius 2 is 1.88 bits per heavy atom. The highest BCUT2D eigenvalue weighted by atomic mass is 32.1. The predicted octanol–water partition coefficient (Wildman–Crippen LogP) is 5.94. The van der Waals surface area contributed by atoms with Gasteiger partial charge < -0.3 is 9.72 Å². The summed E-state index contributed by atoms with van der Waals surface area (Å²) in [6.45, 7) is 2.06. The molecule has 25 heavy (non-hydrogen) atoms. The van der Waals surface area contributed by atoms with Gasteiger partial charge in [0, 0.05) is 27.4 Å². The van der Waals surface area contributed by atoms with Gasteiger partial charge in [0.05, 0.1) is 6.61 Å². The second-order valence-corrected chi connectivity index (χ2v) is 6.81. The Labute approximate surface area is 149 Å². The van der Waals surface area contributed by atoms with Crippen LogP contribution in [0.1, 0.15) is 18.9 Å². The fraction of sp³-hybridized carbons (Fsp3) is 0.263. The highest BCUT2D eigenvalue weighted by Crippen LogP contribution is 2.43. The molecule has 0 amide bonds. The van der Waals surface area contributed by atoms with Crippen LogP contribution in [0.4, 0.5) is 13.2 Å². The molecule has 1 atom stereocenters. The predicted molar refractivity (Wildman–Crippen MR) is 97.3 cm³/mol. The molecule has 2 nitrogen and oxygen atoms in total. The van der Waals surface area contributed by atoms with Crippen molar-refractivity contribution < 1.29 is 17.9 Å². The summed E-state index contributed by atoms with van der Waals surface area (Å²) in [6, 6.07) is 13.5. The smallest absolute Gasteiger partial charge is 0.420 e. The van der Waals surface area contributed by atoms with E-state index in [-0.39, 0.29) is 23.2 Å². The molecule has 0 bridgehead atoms. The van der Waals surface area contributed by atoms with Gasteiger partial charge in [0.15, 0.2) is 0 Å². The van der Waals surface area contributed by atoms with E-state index in [0.29, 0.717) is 12.1 Å². The number of nitrogens with one attached hydrogen (secondary N) is 1. The molecular weight excluding hydrogens is 347 g/mol. The number of H-pyrrole nitrogens is 1. The van der Waals surface area contributed by atoms with Crippen LogP contribution in [-0.4, -0.2) is 16.8 Å². The summed E-state index contributed by atoms with van der Waals surface area (Å²) in [5.41, 5.74) is 0.538. The van der Waals surface area contributed by atoms with Gasteiger partial charge in [0.25, 0.3) is 0 Å². The van der Waals surface area contributed by atoms with Gasteiger partial charge in [-0.2, -0.15) is 25.8 Å². The van der Waals surface area contributed by atoms with Gasteiger partial charge in [-0.15, -0.1) is 0 Å². The molecule has 2 aromatic carbocycles. The minimum Gasteiger partial charge on any atom is -0.493 e. The molecule has 0 aliphatic carbocycles. The first-order valence-corrected chi connectivity index (χ1v) is 8.47. The van der Waals surface area contributed by atoms with Crippen LogP contribution in [0.25, 0.3) is 22.2 Å². The molecule has 0 spiro atoms. The first-order chi connectivity index (χ1) is 11.9. The normalized spacial score (nSPS) is 13.2. The lowest BCUT2D eigenvalue weighted by Crippen LogP contribution is -2.12. The van der Waals surface area contributed by atoms with Gasteiger partial charge in [-0.25, -0.2) is 0 Å². The molecule has 132 valence electrons. The number of rotatable bonds is 5. The molecule has 0 aliphatic heterocycles. The number of hydrogen-bond donors (Lipinski definition) is 2. The van der Waals surface area contributed by atoms with Crippen molar-refractivity contribution in [2.45, 2.75) is 24.8 Å². The summed E-state index contributed by atoms with van der Waals surface area (Å²) in [4.78, 5) is 3.06. The van der Waals surface area contributed by atoms with E-state index in [2.05, 4.69) is 17.6 Å². The minimum atomic E-state index is -4.52. The van der Waals surface area contributed by atoms with E-state index in [1.54, 1.807) is 12.1 Å². The average Bonchev–Trinajstić information content (AvgIpc) is 2.97. The number of hydrogen-bond acceptors (Lipinski definition) is 2. The van der Waals surface area contributed by atoms with Gasteiger partial charge in [-0.1, -0.05) is 37.3 Å². The third-order valence-electron chi connectivity index (χ3n) is 3.92. The lowest BCUT2D eigenvalue weighted by atomic mass is 10.0. The molecule has 3 aromatic rings. The van der Waals surface area contributed by atoms with E-state index in [0.717, 1.165) is 10.9 Å². The van der Waals surface area contributed by atoms with Gasteiger partial charge in [-0.05, 0) is 24.6 Å². The maximum absolute atomic E-state index is 13.7. The zero-order valence-corrected chi connectivity index (χ0v) is 14.5. The van der Waals surface area contributed by atoms with Crippen LogP contribution in [0.2, 0.25) is 0 Å². The van der Waals surface area contributed by atoms with Crippen LogP contribution >= 0.6 is 12.6 Å². The molecule has 0 aliphatic rings. The fourth-order valence-electron chi connectivity index (χ4n) is 2.73. The third kappa shape index (κ3) is 3.95. The Bertz CT molecular complexity index is 837. The quantitative estimate of drug-likeness (QED) is 0.537. The Hall–Kier alpha value is -2.08. The Balaban J connectivity index is 2.06. The molecule has 0 saturated carbocycles. The topological polar surface area (TPSA) is 25.0 Å². The summed E-state index contributed by atoms with van der Waals surface area (Å²) in [7, 11) is 0. The van der Waals surface area contributed by atoms with Crippen LogP contribution in [0.5, 0.6) is 5.75 Å². The average molecular weight is 365 g/mol. The zero-order valence-electron chi connectivity index (χ0n) is 13.6. The van der Waals surface area contributed by atoms with Crippen molar-refractivity contribution in [2.24, 2.45) is 0 Å². The van der Waals surface area contributed by atoms with Crippen molar-refractivity contribution >= 4 is 23.5 Å². The fourth-order valence-corrected chi connectivity index (χ4v) is 2.83. The van der Waals surface area contributed by atoms with E-state index in [1.165, 1.54) is 12.1 Å². The van der Waals surface area contributed by atoms with Crippen molar-refractivity contribution in [1.29, 1.82) is 0 Å². The second kappa shape index (κ2) is 7.04. The van der Waals surface area contributed by atoms with E-state index in [4.69, 9.17) is 4.74 Å². The van der Waals surface area contributed by atoms with Crippen molar-refractivity contribution in [3.05, 3.63) is 54.1 Å². The van der Waals surface area contributed by atoms with Crippen LogP contribution < -0.4 is 4.74 Å². The molecule has 3 rings (SSSR count). The van der Waals surface area contributed by atoms with Gasteiger partial charge in [0.1, 0.15) is 11.3 Å². The number of ether oxygens (including phenoxy) is 1. The number of aromatic nitrogens is 1. The Morgan fingerprint density at radius 3 is 2.56 bits per heavy atom. The molecule has 0 fully saturated rings. The lowest BCUT2D eigenvalue weighted by Gasteiger charge is -2.17. The van der Waals surface area contributed by atoms with Gasteiger partial charge >= 0.3 is 6.18 Å². The van der Waals surface area contributed by atoms with E-state index >= 15 is 0 Å². The van der Waals surface area contributed by atoms with Crippen LogP contribution in [-0.2, 0) is 6.18 Å². The molecule has 1 heterocycles. The summed E-state index contributed by atoms with van der Waals surface area (Å²) in [5.74, 6) is -0.155. The zero-order chi connectivity index (χ0) is 18.0. The summed E-state index contributed by atoms with van der Waals surface area (Å²) < 4.78 is 46.6. The van der Waals surface area contributed by atoms with Crippen LogP contribution in [0.15, 0.2) is 48.5 Å². The number of para-hydroxylation sites is 1. The highest BCUT2D eigenvalue weighted by molar-refractivity contribution is 7.80. The largest absolute Gasteiger partial charge is 0.493 e. The molecule has 1 N–H and O–H groups in total. The van der Waals surface area contributed by atoms with Gasteiger partial charge in [0.2, 0.25) is 0 Å². The SMILES string of the molecule is CC(S)CCOc1cccc(-c2cc3ccccc3[nH]2)c1C(F)(F)F. The van der Waals surface area contributed by atoms with E-state index < -0.39 is 11.7 Å². The van der Waals surface area contributed by atoms with Crippen molar-refractivity contribution in [3.8, 4) is 17.0 Å². The second-order valence-electron chi connectivity index (χ2n) is 5.93. The molecule has 6 heteroatoms. The molecule has 1 aromatic heterocycles. The third-order valence-corrected chi connectivity index (χ3v) is 4.18. The molecular formula is C19H18F3NOS. The summed E-state index contributed by atoms with van der Waals surface area (Å²) in [6.07, 6.45) is -3.95. The molecule has 1 unspecified atom stereocenters. The lowest BCUT2D eigenvalue weighted by molar-refractivity contribution is -0.138. The maximum atomic E-state index is 13.7. The first-order valence-electron chi connectivity index (χ1n) is 7.95. The standard InChI is InChI=1S/C19H18F3NOS/c1-12(25)9-10-24-17-8-4-6-14(18(17)19(20,21)22)16-11-13-5-2-3-7-15(13)23-16/h2-8,11-12,23,25H,9-10H2,1H3. The highest BCUT2D eigenvalue weighted by Gasteiger charge is 2.37. The van der Waals surface area contributed by atoms with Crippen molar-refractivity contribution in [1.82, 2.24) is 4.98 Å². The number of thiol groups is 1.